The quantitative estimate of drug-likeness (QED) is 0.356. The molecule has 0 aliphatic rings. The summed E-state index contributed by atoms with van der Waals surface area (Å²) in [4.78, 5) is 0. The molecule has 5 heteroatoms. The van der Waals surface area contributed by atoms with Crippen LogP contribution < -0.4 is 4.67 Å². The maximum Gasteiger partial charge on any atom is 0.256 e. The molecule has 0 N–H and O–H groups in total. The zero-order valence-electron chi connectivity index (χ0n) is 13.1. The second-order valence-corrected chi connectivity index (χ2v) is 7.79. The van der Waals surface area contributed by atoms with Gasteiger partial charge < -0.3 is 0 Å². The number of hydrogen-bond acceptors (Lipinski definition) is 2. The number of hydrogen-bond donors (Lipinski definition) is 0. The summed E-state index contributed by atoms with van der Waals surface area (Å²) in [6, 6.07) is 8.67. The fraction of sp³-hybridized carbons (Fsp3) is 0.500. The Labute approximate surface area is 118 Å². The molecule has 0 atom stereocenters. The van der Waals surface area contributed by atoms with E-state index in [1.54, 1.807) is 0 Å². The lowest BCUT2D eigenvalue weighted by Crippen LogP contribution is -2.32. The average molecular weight is 281 g/mol. The molecule has 19 heavy (non-hydrogen) atoms. The van der Waals surface area contributed by atoms with Crippen molar-refractivity contribution in [1.29, 1.82) is 0 Å². The van der Waals surface area contributed by atoms with Crippen LogP contribution in [0.15, 0.2) is 24.3 Å². The molecule has 0 spiro atoms. The monoisotopic (exact) mass is 281 g/mol. The molecule has 4 nitrogen and oxygen atoms in total. The maximum absolute atomic E-state index is 2.33. The van der Waals surface area contributed by atoms with Gasteiger partial charge in [0.1, 0.15) is 5.69 Å². The Morgan fingerprint density at radius 3 is 1.79 bits per heavy atom. The van der Waals surface area contributed by atoms with E-state index in [4.69, 9.17) is 0 Å². The van der Waals surface area contributed by atoms with Gasteiger partial charge in [-0.15, -0.1) is 0 Å². The average Bonchev–Trinajstić information content (AvgIpc) is 2.27. The molecule has 0 heterocycles. The predicted octanol–water partition coefficient (Wildman–Crippen LogP) is 2.45. The molecule has 0 saturated heterocycles. The fourth-order valence-electron chi connectivity index (χ4n) is 1.88. The smallest absolute Gasteiger partial charge is 0.256 e. The van der Waals surface area contributed by atoms with Gasteiger partial charge in [-0.2, -0.15) is 4.67 Å². The van der Waals surface area contributed by atoms with E-state index >= 15 is 0 Å². The SMILES string of the molecule is Cc1ccc(N(C=[N+](C)C)P(N(C)C)N(C)C)cc1. The van der Waals surface area contributed by atoms with Crippen molar-refractivity contribution in [3.63, 3.8) is 0 Å². The first-order valence-electron chi connectivity index (χ1n) is 6.34. The molecule has 0 bridgehead atoms. The lowest BCUT2D eigenvalue weighted by molar-refractivity contribution is -0.459. The van der Waals surface area contributed by atoms with E-state index in [-0.39, 0.29) is 0 Å². The van der Waals surface area contributed by atoms with Gasteiger partial charge in [-0.1, -0.05) is 17.7 Å². The number of rotatable bonds is 5. The topological polar surface area (TPSA) is 12.7 Å². The minimum absolute atomic E-state index is 0.558. The first-order valence-corrected chi connectivity index (χ1v) is 7.54. The van der Waals surface area contributed by atoms with Gasteiger partial charge >= 0.3 is 0 Å². The summed E-state index contributed by atoms with van der Waals surface area (Å²) in [7, 11) is 12.0. The van der Waals surface area contributed by atoms with E-state index in [1.807, 2.05) is 0 Å². The zero-order chi connectivity index (χ0) is 14.6. The molecule has 0 fully saturated rings. The third-order valence-electron chi connectivity index (χ3n) is 2.55. The Hall–Kier alpha value is -0.960. The zero-order valence-corrected chi connectivity index (χ0v) is 14.0. The molecular formula is C14H26N4P+. The molecule has 0 aliphatic heterocycles. The van der Waals surface area contributed by atoms with Crippen molar-refractivity contribution in [2.45, 2.75) is 6.92 Å². The van der Waals surface area contributed by atoms with Crippen LogP contribution in [-0.2, 0) is 0 Å². The Morgan fingerprint density at radius 1 is 0.947 bits per heavy atom. The van der Waals surface area contributed by atoms with Crippen LogP contribution in [0.5, 0.6) is 0 Å². The molecule has 1 rings (SSSR count). The fourth-order valence-corrected chi connectivity index (χ4v) is 4.00. The van der Waals surface area contributed by atoms with Gasteiger partial charge in [0, 0.05) is 0 Å². The summed E-state index contributed by atoms with van der Waals surface area (Å²) in [5.74, 6) is 0. The van der Waals surface area contributed by atoms with E-state index in [0.29, 0.717) is 0 Å². The number of benzene rings is 1. The van der Waals surface area contributed by atoms with E-state index in [9.17, 15) is 0 Å². The largest absolute Gasteiger partial charge is 0.273 e. The molecule has 106 valence electrons. The van der Waals surface area contributed by atoms with E-state index in [0.717, 1.165) is 0 Å². The molecule has 0 radical (unpaired) electrons. The van der Waals surface area contributed by atoms with Crippen LogP contribution in [0.2, 0.25) is 0 Å². The Bertz CT molecular complexity index is 414. The van der Waals surface area contributed by atoms with Gasteiger partial charge in [-0.25, -0.2) is 9.34 Å². The van der Waals surface area contributed by atoms with Crippen LogP contribution in [0.3, 0.4) is 0 Å². The van der Waals surface area contributed by atoms with E-state index < -0.39 is 8.37 Å². The summed E-state index contributed by atoms with van der Waals surface area (Å²) >= 11 is 0. The Morgan fingerprint density at radius 2 is 1.42 bits per heavy atom. The first kappa shape index (κ1) is 16.1. The van der Waals surface area contributed by atoms with Crippen molar-refractivity contribution >= 4 is 20.4 Å². The molecular weight excluding hydrogens is 255 g/mol. The highest BCUT2D eigenvalue weighted by atomic mass is 31.2. The van der Waals surface area contributed by atoms with Crippen molar-refractivity contribution in [3.8, 4) is 0 Å². The van der Waals surface area contributed by atoms with Crippen molar-refractivity contribution in [2.75, 3.05) is 47.0 Å². The number of nitrogens with zero attached hydrogens (tertiary/aromatic N) is 4. The summed E-state index contributed by atoms with van der Waals surface area (Å²) in [5, 5.41) is 0. The van der Waals surface area contributed by atoms with Gasteiger partial charge in [0.25, 0.3) is 8.37 Å². The summed E-state index contributed by atoms with van der Waals surface area (Å²) in [5.41, 5.74) is 2.50. The minimum Gasteiger partial charge on any atom is -0.273 e. The second kappa shape index (κ2) is 6.99. The van der Waals surface area contributed by atoms with Crippen molar-refractivity contribution in [1.82, 2.24) is 9.34 Å². The van der Waals surface area contributed by atoms with Gasteiger partial charge in [0.2, 0.25) is 6.34 Å². The Balaban J connectivity index is 3.20. The first-order chi connectivity index (χ1) is 8.82. The predicted molar refractivity (Wildman–Crippen MR) is 86.1 cm³/mol. The lowest BCUT2D eigenvalue weighted by atomic mass is 10.2. The van der Waals surface area contributed by atoms with Gasteiger partial charge in [0.05, 0.1) is 14.1 Å². The summed E-state index contributed by atoms with van der Waals surface area (Å²) < 4.78 is 8.93. The summed E-state index contributed by atoms with van der Waals surface area (Å²) in [6.45, 7) is 2.12. The second-order valence-electron chi connectivity index (χ2n) is 5.22. The van der Waals surface area contributed by atoms with Crippen LogP contribution in [0, 0.1) is 6.92 Å². The molecule has 1 aromatic carbocycles. The molecule has 0 saturated carbocycles. The highest BCUT2D eigenvalue weighted by Crippen LogP contribution is 2.45. The molecule has 0 amide bonds. The third-order valence-corrected chi connectivity index (χ3v) is 4.70. The van der Waals surface area contributed by atoms with Gasteiger partial charge in [-0.3, -0.25) is 4.58 Å². The minimum atomic E-state index is -0.558. The van der Waals surface area contributed by atoms with Crippen LogP contribution >= 0.6 is 8.37 Å². The van der Waals surface area contributed by atoms with E-state index in [1.165, 1.54) is 11.3 Å². The summed E-state index contributed by atoms with van der Waals surface area (Å²) in [6.07, 6.45) is 2.15. The highest BCUT2D eigenvalue weighted by Gasteiger charge is 2.30. The number of anilines is 1. The lowest BCUT2D eigenvalue weighted by Gasteiger charge is -2.31. The maximum atomic E-state index is 2.33. The van der Waals surface area contributed by atoms with Crippen molar-refractivity contribution in [2.24, 2.45) is 0 Å². The molecule has 1 aromatic rings. The molecule has 0 unspecified atom stereocenters. The van der Waals surface area contributed by atoms with Crippen LogP contribution in [0.25, 0.3) is 0 Å². The van der Waals surface area contributed by atoms with Crippen molar-refractivity contribution < 1.29 is 4.58 Å². The van der Waals surface area contributed by atoms with Gasteiger partial charge in [0.15, 0.2) is 0 Å². The van der Waals surface area contributed by atoms with E-state index in [2.05, 4.69) is 98.4 Å². The standard InChI is InChI=1S/C14H26N4P/c1-13-8-10-14(11-9-13)18(12-15(2)3)19(16(4)5)17(6)7/h8-12H,1-7H3/q+1. The van der Waals surface area contributed by atoms with Gasteiger partial charge in [-0.05, 0) is 47.2 Å². The number of aryl methyl sites for hydroxylation is 1. The molecule has 0 aliphatic carbocycles. The van der Waals surface area contributed by atoms with Crippen LogP contribution in [-0.4, -0.2) is 62.5 Å². The highest BCUT2D eigenvalue weighted by molar-refractivity contribution is 7.55. The Kier molecular flexibility index (Phi) is 5.92. The third kappa shape index (κ3) is 4.57. The van der Waals surface area contributed by atoms with Crippen LogP contribution in [0.1, 0.15) is 5.56 Å². The van der Waals surface area contributed by atoms with Crippen LogP contribution in [0.4, 0.5) is 5.69 Å². The molecule has 0 aromatic heterocycles. The van der Waals surface area contributed by atoms with Crippen molar-refractivity contribution in [3.05, 3.63) is 29.8 Å². The normalized spacial score (nSPS) is 11.3.